The van der Waals surface area contributed by atoms with Crippen LogP contribution in [0.2, 0.25) is 0 Å². The van der Waals surface area contributed by atoms with Crippen molar-refractivity contribution >= 4 is 23.2 Å². The summed E-state index contributed by atoms with van der Waals surface area (Å²) in [6.45, 7) is 2.61. The average Bonchev–Trinajstić information content (AvgIpc) is 2.67. The van der Waals surface area contributed by atoms with Crippen LogP contribution in [0.1, 0.15) is 17.5 Å². The van der Waals surface area contributed by atoms with Gasteiger partial charge in [-0.05, 0) is 49.6 Å². The number of hydrogen-bond acceptors (Lipinski definition) is 4. The lowest BCUT2D eigenvalue weighted by Gasteiger charge is -2.29. The Labute approximate surface area is 159 Å². The van der Waals surface area contributed by atoms with E-state index in [9.17, 15) is 9.59 Å². The summed E-state index contributed by atoms with van der Waals surface area (Å²) in [6, 6.07) is 13.2. The zero-order chi connectivity index (χ0) is 19.2. The largest absolute Gasteiger partial charge is 0.484 e. The summed E-state index contributed by atoms with van der Waals surface area (Å²) in [5.74, 6) is 0.322. The number of aryl methyl sites for hydroxylation is 2. The number of benzene rings is 2. The summed E-state index contributed by atoms with van der Waals surface area (Å²) in [5, 5.41) is 2.83. The normalized spacial score (nSPS) is 13.0. The molecule has 0 aliphatic carbocycles. The van der Waals surface area contributed by atoms with Crippen molar-refractivity contribution in [1.82, 2.24) is 0 Å². The Bertz CT molecular complexity index is 817. The Morgan fingerprint density at radius 2 is 1.89 bits per heavy atom. The molecule has 0 radical (unpaired) electrons. The predicted octanol–water partition coefficient (Wildman–Crippen LogP) is 2.94. The van der Waals surface area contributed by atoms with Gasteiger partial charge in [-0.25, -0.2) is 0 Å². The molecule has 27 heavy (non-hydrogen) atoms. The highest BCUT2D eigenvalue weighted by Crippen LogP contribution is 2.30. The fraction of sp³-hybridized carbons (Fsp3) is 0.333. The second-order valence-electron chi connectivity index (χ2n) is 6.58. The molecular formula is C21H24N2O4. The molecule has 0 saturated heterocycles. The lowest BCUT2D eigenvalue weighted by atomic mass is 10.0. The minimum Gasteiger partial charge on any atom is -0.484 e. The minimum absolute atomic E-state index is 0.0421. The Kier molecular flexibility index (Phi) is 6.08. The van der Waals surface area contributed by atoms with Crippen LogP contribution in [0.4, 0.5) is 11.4 Å². The molecule has 0 fully saturated rings. The van der Waals surface area contributed by atoms with Crippen LogP contribution in [-0.2, 0) is 20.7 Å². The molecular weight excluding hydrogens is 344 g/mol. The first kappa shape index (κ1) is 18.9. The monoisotopic (exact) mass is 368 g/mol. The number of anilines is 2. The third-order valence-corrected chi connectivity index (χ3v) is 4.45. The van der Waals surface area contributed by atoms with Gasteiger partial charge in [0.15, 0.2) is 6.61 Å². The van der Waals surface area contributed by atoms with Crippen LogP contribution in [0.3, 0.4) is 0 Å². The van der Waals surface area contributed by atoms with Gasteiger partial charge in [0.05, 0.1) is 0 Å². The SMILES string of the molecule is COCC(=O)N1CCCc2ccc(NC(=O)COc3ccc(C)cc3)cc21. The molecule has 142 valence electrons. The van der Waals surface area contributed by atoms with Gasteiger partial charge in [-0.2, -0.15) is 0 Å². The molecule has 1 aliphatic rings. The van der Waals surface area contributed by atoms with Crippen molar-refractivity contribution in [2.75, 3.05) is 37.1 Å². The van der Waals surface area contributed by atoms with E-state index in [4.69, 9.17) is 9.47 Å². The lowest BCUT2D eigenvalue weighted by molar-refractivity contribution is -0.122. The Hall–Kier alpha value is -2.86. The molecule has 3 rings (SSSR count). The molecule has 2 aromatic rings. The minimum atomic E-state index is -0.249. The molecule has 6 heteroatoms. The fourth-order valence-corrected chi connectivity index (χ4v) is 3.09. The molecule has 0 unspecified atom stereocenters. The first-order valence-electron chi connectivity index (χ1n) is 8.98. The Morgan fingerprint density at radius 3 is 2.63 bits per heavy atom. The van der Waals surface area contributed by atoms with Crippen LogP contribution in [-0.4, -0.2) is 38.7 Å². The highest BCUT2D eigenvalue weighted by atomic mass is 16.5. The molecule has 0 atom stereocenters. The van der Waals surface area contributed by atoms with Crippen LogP contribution in [0.5, 0.6) is 5.75 Å². The van der Waals surface area contributed by atoms with E-state index >= 15 is 0 Å². The molecule has 6 nitrogen and oxygen atoms in total. The summed E-state index contributed by atoms with van der Waals surface area (Å²) >= 11 is 0. The third kappa shape index (κ3) is 4.86. The van der Waals surface area contributed by atoms with Crippen LogP contribution in [0.25, 0.3) is 0 Å². The smallest absolute Gasteiger partial charge is 0.262 e. The van der Waals surface area contributed by atoms with Gasteiger partial charge in [-0.3, -0.25) is 9.59 Å². The van der Waals surface area contributed by atoms with Crippen molar-refractivity contribution in [3.63, 3.8) is 0 Å². The molecule has 0 aromatic heterocycles. The maximum Gasteiger partial charge on any atom is 0.262 e. The van der Waals surface area contributed by atoms with E-state index < -0.39 is 0 Å². The Balaban J connectivity index is 1.65. The zero-order valence-corrected chi connectivity index (χ0v) is 15.7. The number of methoxy groups -OCH3 is 1. The summed E-state index contributed by atoms with van der Waals surface area (Å²) in [6.07, 6.45) is 1.83. The number of ether oxygens (including phenoxy) is 2. The van der Waals surface area contributed by atoms with E-state index in [1.54, 1.807) is 4.90 Å². The third-order valence-electron chi connectivity index (χ3n) is 4.45. The molecule has 1 N–H and O–H groups in total. The van der Waals surface area contributed by atoms with Crippen molar-refractivity contribution in [2.45, 2.75) is 19.8 Å². The second kappa shape index (κ2) is 8.68. The van der Waals surface area contributed by atoms with E-state index in [0.717, 1.165) is 29.7 Å². The van der Waals surface area contributed by atoms with E-state index in [-0.39, 0.29) is 25.0 Å². The average molecular weight is 368 g/mol. The Morgan fingerprint density at radius 1 is 1.11 bits per heavy atom. The van der Waals surface area contributed by atoms with Gasteiger partial charge >= 0.3 is 0 Å². The molecule has 2 amide bonds. The number of rotatable bonds is 6. The zero-order valence-electron chi connectivity index (χ0n) is 15.7. The van der Waals surface area contributed by atoms with Gasteiger partial charge in [-0.1, -0.05) is 23.8 Å². The number of nitrogens with zero attached hydrogens (tertiary/aromatic N) is 1. The van der Waals surface area contributed by atoms with Gasteiger partial charge in [0.25, 0.3) is 11.8 Å². The van der Waals surface area contributed by atoms with Crippen LogP contribution < -0.4 is 15.0 Å². The quantitative estimate of drug-likeness (QED) is 0.851. The summed E-state index contributed by atoms with van der Waals surface area (Å²) in [7, 11) is 1.51. The van der Waals surface area contributed by atoms with Crippen molar-refractivity contribution < 1.29 is 19.1 Å². The van der Waals surface area contributed by atoms with Gasteiger partial charge in [0.2, 0.25) is 0 Å². The maximum atomic E-state index is 12.3. The van der Waals surface area contributed by atoms with Gasteiger partial charge in [0, 0.05) is 25.0 Å². The maximum absolute atomic E-state index is 12.3. The first-order valence-corrected chi connectivity index (χ1v) is 8.98. The first-order chi connectivity index (χ1) is 13.1. The van der Waals surface area contributed by atoms with E-state index in [2.05, 4.69) is 5.32 Å². The van der Waals surface area contributed by atoms with E-state index in [1.807, 2.05) is 49.4 Å². The molecule has 0 saturated carbocycles. The summed E-state index contributed by atoms with van der Waals surface area (Å²) < 4.78 is 10.5. The van der Waals surface area contributed by atoms with Crippen LogP contribution in [0, 0.1) is 6.92 Å². The molecule has 0 spiro atoms. The number of amides is 2. The fourth-order valence-electron chi connectivity index (χ4n) is 3.09. The number of carbonyl (C=O) groups excluding carboxylic acids is 2. The van der Waals surface area contributed by atoms with Crippen LogP contribution in [0.15, 0.2) is 42.5 Å². The number of fused-ring (bicyclic) bond motifs is 1. The molecule has 2 aromatic carbocycles. The van der Waals surface area contributed by atoms with E-state index in [1.165, 1.54) is 7.11 Å². The highest BCUT2D eigenvalue weighted by molar-refractivity contribution is 5.97. The van der Waals surface area contributed by atoms with Crippen molar-refractivity contribution in [2.24, 2.45) is 0 Å². The molecule has 0 bridgehead atoms. The summed E-state index contributed by atoms with van der Waals surface area (Å²) in [5.41, 5.74) is 3.71. The number of nitrogens with one attached hydrogen (secondary N) is 1. The van der Waals surface area contributed by atoms with Gasteiger partial charge in [-0.15, -0.1) is 0 Å². The summed E-state index contributed by atoms with van der Waals surface area (Å²) in [4.78, 5) is 26.2. The van der Waals surface area contributed by atoms with Crippen molar-refractivity contribution in [1.29, 1.82) is 0 Å². The number of carbonyl (C=O) groups is 2. The van der Waals surface area contributed by atoms with Crippen LogP contribution >= 0.6 is 0 Å². The van der Waals surface area contributed by atoms with Crippen molar-refractivity contribution in [3.8, 4) is 5.75 Å². The number of hydrogen-bond donors (Lipinski definition) is 1. The molecule has 1 aliphatic heterocycles. The molecule has 1 heterocycles. The van der Waals surface area contributed by atoms with Gasteiger partial charge < -0.3 is 19.7 Å². The standard InChI is InChI=1S/C21H24N2O4/c1-15-5-9-18(10-6-15)27-13-20(24)22-17-8-7-16-4-3-11-23(19(16)12-17)21(25)14-26-2/h5-10,12H,3-4,11,13-14H2,1-2H3,(H,22,24). The lowest BCUT2D eigenvalue weighted by Crippen LogP contribution is -2.37. The van der Waals surface area contributed by atoms with Crippen molar-refractivity contribution in [3.05, 3.63) is 53.6 Å². The topological polar surface area (TPSA) is 67.9 Å². The second-order valence-corrected chi connectivity index (χ2v) is 6.58. The predicted molar refractivity (Wildman–Crippen MR) is 104 cm³/mol. The van der Waals surface area contributed by atoms with Gasteiger partial charge in [0.1, 0.15) is 12.4 Å². The van der Waals surface area contributed by atoms with E-state index in [0.29, 0.717) is 18.0 Å². The highest BCUT2D eigenvalue weighted by Gasteiger charge is 2.22.